The fourth-order valence-corrected chi connectivity index (χ4v) is 4.68. The molecule has 0 fully saturated rings. The highest BCUT2D eigenvalue weighted by molar-refractivity contribution is 5.89. The van der Waals surface area contributed by atoms with Gasteiger partial charge in [-0.25, -0.2) is 9.78 Å². The summed E-state index contributed by atoms with van der Waals surface area (Å²) in [6.45, 7) is 8.79. The maximum absolute atomic E-state index is 14.0. The second-order valence-corrected chi connectivity index (χ2v) is 9.90. The van der Waals surface area contributed by atoms with Crippen molar-refractivity contribution < 1.29 is 9.53 Å². The van der Waals surface area contributed by atoms with Gasteiger partial charge in [-0.15, -0.1) is 0 Å². The predicted octanol–water partition coefficient (Wildman–Crippen LogP) is 6.73. The molecule has 4 rings (SSSR count). The van der Waals surface area contributed by atoms with Crippen molar-refractivity contribution in [2.45, 2.75) is 46.6 Å². The fraction of sp³-hybridized carbons (Fsp3) is 0.323. The molecule has 0 aliphatic rings. The number of benzene rings is 3. The molecule has 7 nitrogen and oxygen atoms in total. The standard InChI is InChI=1S/C31H36N4O3/c1-6-26(34(19-18-21(2)3)31(37)32-23-13-11-12-22(4)20-23)29-33-25-15-8-7-14-24(25)30(36)35(29)27-16-9-10-17-28(27)38-5/h7-17,20-21,26H,6,18-19H2,1-5H3,(H,32,37). The summed E-state index contributed by atoms with van der Waals surface area (Å²) in [5.41, 5.74) is 2.78. The average Bonchev–Trinajstić information content (AvgIpc) is 2.91. The molecule has 1 unspecified atom stereocenters. The van der Waals surface area contributed by atoms with Gasteiger partial charge >= 0.3 is 6.03 Å². The first-order valence-corrected chi connectivity index (χ1v) is 13.1. The molecule has 1 heterocycles. The van der Waals surface area contributed by atoms with Crippen LogP contribution in [0, 0.1) is 12.8 Å². The molecule has 0 aliphatic heterocycles. The van der Waals surface area contributed by atoms with E-state index in [4.69, 9.17) is 9.72 Å². The predicted molar refractivity (Wildman–Crippen MR) is 153 cm³/mol. The molecule has 7 heteroatoms. The third kappa shape index (κ3) is 5.72. The number of nitrogens with one attached hydrogen (secondary N) is 1. The van der Waals surface area contributed by atoms with Crippen LogP contribution in [0.15, 0.2) is 77.6 Å². The summed E-state index contributed by atoms with van der Waals surface area (Å²) in [6, 6.07) is 21.8. The number of amides is 2. The number of hydrogen-bond acceptors (Lipinski definition) is 4. The summed E-state index contributed by atoms with van der Waals surface area (Å²) >= 11 is 0. The van der Waals surface area contributed by atoms with Gasteiger partial charge in [-0.05, 0) is 67.6 Å². The van der Waals surface area contributed by atoms with Crippen molar-refractivity contribution in [3.8, 4) is 11.4 Å². The summed E-state index contributed by atoms with van der Waals surface area (Å²) in [7, 11) is 1.58. The number of urea groups is 1. The van der Waals surface area contributed by atoms with Gasteiger partial charge in [0.25, 0.3) is 5.56 Å². The lowest BCUT2D eigenvalue weighted by atomic mass is 10.1. The van der Waals surface area contributed by atoms with E-state index in [1.165, 1.54) is 0 Å². The van der Waals surface area contributed by atoms with Gasteiger partial charge in [-0.1, -0.05) is 57.2 Å². The van der Waals surface area contributed by atoms with Crippen molar-refractivity contribution in [2.24, 2.45) is 5.92 Å². The van der Waals surface area contributed by atoms with Crippen molar-refractivity contribution >= 4 is 22.6 Å². The van der Waals surface area contributed by atoms with Crippen LogP contribution in [0.5, 0.6) is 5.75 Å². The van der Waals surface area contributed by atoms with E-state index in [9.17, 15) is 9.59 Å². The first-order valence-electron chi connectivity index (χ1n) is 13.1. The number of carbonyl (C=O) groups excluding carboxylic acids is 1. The molecule has 0 aliphatic carbocycles. The largest absolute Gasteiger partial charge is 0.495 e. The molecule has 1 aromatic heterocycles. The summed E-state index contributed by atoms with van der Waals surface area (Å²) in [5.74, 6) is 1.45. The second kappa shape index (κ2) is 11.9. The number of nitrogens with zero attached hydrogens (tertiary/aromatic N) is 3. The highest BCUT2D eigenvalue weighted by Gasteiger charge is 2.30. The number of carbonyl (C=O) groups is 1. The van der Waals surface area contributed by atoms with E-state index in [-0.39, 0.29) is 11.6 Å². The highest BCUT2D eigenvalue weighted by Crippen LogP contribution is 2.30. The Morgan fingerprint density at radius 3 is 2.50 bits per heavy atom. The summed E-state index contributed by atoms with van der Waals surface area (Å²) in [4.78, 5) is 34.6. The minimum Gasteiger partial charge on any atom is -0.495 e. The number of fused-ring (bicyclic) bond motifs is 1. The molecule has 198 valence electrons. The molecule has 1 N–H and O–H groups in total. The zero-order chi connectivity index (χ0) is 27.2. The molecule has 2 amide bonds. The Morgan fingerprint density at radius 2 is 1.79 bits per heavy atom. The van der Waals surface area contributed by atoms with Gasteiger partial charge < -0.3 is 15.0 Å². The number of hydrogen-bond donors (Lipinski definition) is 1. The van der Waals surface area contributed by atoms with Gasteiger partial charge in [0.2, 0.25) is 0 Å². The van der Waals surface area contributed by atoms with E-state index in [2.05, 4.69) is 19.2 Å². The monoisotopic (exact) mass is 512 g/mol. The van der Waals surface area contributed by atoms with Crippen LogP contribution < -0.4 is 15.6 Å². The lowest BCUT2D eigenvalue weighted by Gasteiger charge is -2.33. The van der Waals surface area contributed by atoms with Crippen LogP contribution >= 0.6 is 0 Å². The molecule has 0 radical (unpaired) electrons. The molecule has 0 spiro atoms. The van der Waals surface area contributed by atoms with Crippen LogP contribution in [0.3, 0.4) is 0 Å². The van der Waals surface area contributed by atoms with Crippen LogP contribution in [0.2, 0.25) is 0 Å². The van der Waals surface area contributed by atoms with E-state index >= 15 is 0 Å². The van der Waals surface area contributed by atoms with Crippen molar-refractivity contribution in [1.29, 1.82) is 0 Å². The van der Waals surface area contributed by atoms with Crippen LogP contribution in [0.1, 0.15) is 51.0 Å². The van der Waals surface area contributed by atoms with Gasteiger partial charge in [-0.2, -0.15) is 0 Å². The number of anilines is 1. The Hall–Kier alpha value is -4.13. The number of rotatable bonds is 9. The highest BCUT2D eigenvalue weighted by atomic mass is 16.5. The number of aromatic nitrogens is 2. The minimum atomic E-state index is -0.458. The molecule has 4 aromatic rings. The molecule has 0 bridgehead atoms. The van der Waals surface area contributed by atoms with E-state index in [0.29, 0.717) is 47.0 Å². The van der Waals surface area contributed by atoms with Gasteiger partial charge in [0.05, 0.1) is 29.7 Å². The topological polar surface area (TPSA) is 76.5 Å². The molecule has 0 saturated heterocycles. The van der Waals surface area contributed by atoms with E-state index in [1.54, 1.807) is 17.7 Å². The van der Waals surface area contributed by atoms with Gasteiger partial charge in [0, 0.05) is 12.2 Å². The van der Waals surface area contributed by atoms with E-state index < -0.39 is 6.04 Å². The number of para-hydroxylation sites is 3. The van der Waals surface area contributed by atoms with Crippen molar-refractivity contribution in [3.63, 3.8) is 0 Å². The van der Waals surface area contributed by atoms with Crippen molar-refractivity contribution in [1.82, 2.24) is 14.5 Å². The Morgan fingerprint density at radius 1 is 1.05 bits per heavy atom. The smallest absolute Gasteiger partial charge is 0.322 e. The average molecular weight is 513 g/mol. The van der Waals surface area contributed by atoms with Crippen LogP contribution in [-0.2, 0) is 0 Å². The first kappa shape index (κ1) is 26.9. The van der Waals surface area contributed by atoms with Gasteiger partial charge in [0.1, 0.15) is 11.6 Å². The lowest BCUT2D eigenvalue weighted by Crippen LogP contribution is -2.41. The summed E-state index contributed by atoms with van der Waals surface area (Å²) in [5, 5.41) is 3.58. The van der Waals surface area contributed by atoms with Gasteiger partial charge in [-0.3, -0.25) is 9.36 Å². The third-order valence-electron chi connectivity index (χ3n) is 6.67. The molecular formula is C31H36N4O3. The van der Waals surface area contributed by atoms with Crippen LogP contribution in [0.25, 0.3) is 16.6 Å². The maximum atomic E-state index is 14.0. The first-order chi connectivity index (χ1) is 18.3. The number of methoxy groups -OCH3 is 1. The van der Waals surface area contributed by atoms with Crippen molar-refractivity contribution in [3.05, 3.63) is 94.5 Å². The van der Waals surface area contributed by atoms with Crippen LogP contribution in [0.4, 0.5) is 10.5 Å². The van der Waals surface area contributed by atoms with Crippen LogP contribution in [-0.4, -0.2) is 34.1 Å². The number of aryl methyl sites for hydroxylation is 1. The third-order valence-corrected chi connectivity index (χ3v) is 6.67. The zero-order valence-corrected chi connectivity index (χ0v) is 22.8. The summed E-state index contributed by atoms with van der Waals surface area (Å²) < 4.78 is 7.24. The Labute approximate surface area is 224 Å². The maximum Gasteiger partial charge on any atom is 0.322 e. The minimum absolute atomic E-state index is 0.198. The fourth-order valence-electron chi connectivity index (χ4n) is 4.68. The molecule has 38 heavy (non-hydrogen) atoms. The lowest BCUT2D eigenvalue weighted by molar-refractivity contribution is 0.176. The number of ether oxygens (including phenoxy) is 1. The normalized spacial score (nSPS) is 11.9. The Kier molecular flexibility index (Phi) is 8.46. The molecule has 0 saturated carbocycles. The van der Waals surface area contributed by atoms with E-state index in [1.807, 2.05) is 85.5 Å². The second-order valence-electron chi connectivity index (χ2n) is 9.90. The molecular weight excluding hydrogens is 476 g/mol. The quantitative estimate of drug-likeness (QED) is 0.270. The van der Waals surface area contributed by atoms with E-state index in [0.717, 1.165) is 17.7 Å². The zero-order valence-electron chi connectivity index (χ0n) is 22.8. The van der Waals surface area contributed by atoms with Crippen molar-refractivity contribution in [2.75, 3.05) is 19.0 Å². The van der Waals surface area contributed by atoms with Gasteiger partial charge in [0.15, 0.2) is 0 Å². The Balaban J connectivity index is 1.90. The molecule has 1 atom stereocenters. The molecule has 3 aromatic carbocycles. The Bertz CT molecular complexity index is 1480. The SMILES string of the molecule is CCC(c1nc2ccccc2c(=O)n1-c1ccccc1OC)N(CCC(C)C)C(=O)Nc1cccc(C)c1. The summed E-state index contributed by atoms with van der Waals surface area (Å²) in [6.07, 6.45) is 1.38.